The van der Waals surface area contributed by atoms with Gasteiger partial charge in [0.1, 0.15) is 0 Å². The van der Waals surface area contributed by atoms with Crippen molar-refractivity contribution in [2.24, 2.45) is 0 Å². The van der Waals surface area contributed by atoms with Gasteiger partial charge in [0.25, 0.3) is 0 Å². The molecule has 0 aliphatic rings. The molecule has 6 heteroatoms. The van der Waals surface area contributed by atoms with Crippen LogP contribution >= 0.6 is 0 Å². The molecule has 18 heavy (non-hydrogen) atoms. The molecule has 0 atom stereocenters. The first kappa shape index (κ1) is 12.0. The molecule has 0 aliphatic carbocycles. The summed E-state index contributed by atoms with van der Waals surface area (Å²) in [5.74, 6) is -0.578. The van der Waals surface area contributed by atoms with Crippen LogP contribution in [-0.4, -0.2) is 28.6 Å². The van der Waals surface area contributed by atoms with Crippen LogP contribution in [0.25, 0.3) is 5.52 Å². The zero-order valence-corrected chi connectivity index (χ0v) is 9.75. The third-order valence-electron chi connectivity index (χ3n) is 2.30. The maximum Gasteiger partial charge on any atom is 0.357 e. The second-order valence-electron chi connectivity index (χ2n) is 3.46. The van der Waals surface area contributed by atoms with Crippen molar-refractivity contribution in [3.63, 3.8) is 0 Å². The number of fused-ring (bicyclic) bond motifs is 1. The Bertz CT molecular complexity index is 619. The fourth-order valence-electron chi connectivity index (χ4n) is 1.49. The second kappa shape index (κ2) is 5.22. The van der Waals surface area contributed by atoms with E-state index >= 15 is 0 Å². The number of hydrogen-bond donors (Lipinski definition) is 1. The van der Waals surface area contributed by atoms with E-state index in [9.17, 15) is 9.59 Å². The Hall–Kier alpha value is -2.50. The molecule has 6 nitrogen and oxygen atoms in total. The molecule has 0 unspecified atom stereocenters. The third kappa shape index (κ3) is 2.27. The van der Waals surface area contributed by atoms with Crippen LogP contribution in [0.2, 0.25) is 0 Å². The molecule has 1 N–H and O–H groups in total. The summed E-state index contributed by atoms with van der Waals surface area (Å²) in [5, 5.41) is 2.46. The summed E-state index contributed by atoms with van der Waals surface area (Å²) in [4.78, 5) is 22.7. The summed E-state index contributed by atoms with van der Waals surface area (Å²) in [6, 6.07) is 6.60. The lowest BCUT2D eigenvalue weighted by molar-refractivity contribution is 0.0506. The lowest BCUT2D eigenvalue weighted by atomic mass is 10.2. The average Bonchev–Trinajstić information content (AvgIpc) is 2.58. The van der Waals surface area contributed by atoms with E-state index in [0.29, 0.717) is 17.4 Å². The number of pyridine rings is 1. The minimum atomic E-state index is -0.578. The van der Waals surface area contributed by atoms with Crippen LogP contribution < -0.4 is 0 Å². The number of H-pyrrole nitrogens is 1. The lowest BCUT2D eigenvalue weighted by Crippen LogP contribution is -2.05. The number of nitrogens with zero attached hydrogens (tertiary/aromatic N) is 1. The van der Waals surface area contributed by atoms with Crippen molar-refractivity contribution in [1.82, 2.24) is 9.73 Å². The van der Waals surface area contributed by atoms with Gasteiger partial charge in [-0.25, -0.2) is 4.79 Å². The SMILES string of the molecule is CCOC(=O)c1cc(C=O)c2ccccn2o[nH]1. The molecule has 0 fully saturated rings. The van der Waals surface area contributed by atoms with Crippen molar-refractivity contribution < 1.29 is 19.0 Å². The topological polar surface area (TPSA) is 76.7 Å². The van der Waals surface area contributed by atoms with Crippen molar-refractivity contribution in [3.05, 3.63) is 41.7 Å². The van der Waals surface area contributed by atoms with E-state index in [1.165, 1.54) is 10.6 Å². The molecule has 0 spiro atoms. The Morgan fingerprint density at radius 1 is 1.56 bits per heavy atom. The summed E-state index contributed by atoms with van der Waals surface area (Å²) in [5.41, 5.74) is 0.936. The first-order chi connectivity index (χ1) is 8.76. The highest BCUT2D eigenvalue weighted by Gasteiger charge is 2.09. The Labute approximate surface area is 102 Å². The van der Waals surface area contributed by atoms with Gasteiger partial charge < -0.3 is 4.74 Å². The fraction of sp³-hybridized carbons (Fsp3) is 0.167. The van der Waals surface area contributed by atoms with E-state index in [-0.39, 0.29) is 12.3 Å². The summed E-state index contributed by atoms with van der Waals surface area (Å²) in [6.07, 6.45) is 2.27. The van der Waals surface area contributed by atoms with Gasteiger partial charge in [0, 0.05) is 11.8 Å². The highest BCUT2D eigenvalue weighted by atomic mass is 16.6. The van der Waals surface area contributed by atoms with E-state index in [2.05, 4.69) is 5.16 Å². The van der Waals surface area contributed by atoms with Crippen molar-refractivity contribution in [3.8, 4) is 0 Å². The molecule has 2 heterocycles. The second-order valence-corrected chi connectivity index (χ2v) is 3.46. The molecule has 2 rings (SSSR count). The number of carbonyl (C=O) groups excluding carboxylic acids is 2. The molecule has 0 aromatic carbocycles. The van der Waals surface area contributed by atoms with Gasteiger partial charge in [-0.1, -0.05) is 6.07 Å². The smallest absolute Gasteiger partial charge is 0.357 e. The van der Waals surface area contributed by atoms with Crippen LogP contribution in [0.15, 0.2) is 35.1 Å². The Morgan fingerprint density at radius 3 is 3.11 bits per heavy atom. The quantitative estimate of drug-likeness (QED) is 0.665. The van der Waals surface area contributed by atoms with Gasteiger partial charge in [0.15, 0.2) is 12.0 Å². The number of aromatic amines is 1. The fourth-order valence-corrected chi connectivity index (χ4v) is 1.49. The van der Waals surface area contributed by atoms with Crippen LogP contribution in [0.5, 0.6) is 0 Å². The zero-order chi connectivity index (χ0) is 13.0. The normalized spacial score (nSPS) is 10.1. The van der Waals surface area contributed by atoms with Crippen LogP contribution in [0.4, 0.5) is 0 Å². The maximum atomic E-state index is 11.6. The van der Waals surface area contributed by atoms with Crippen LogP contribution in [-0.2, 0) is 4.74 Å². The molecular formula is C12H12N2O4. The minimum absolute atomic E-state index is 0.0719. The number of esters is 1. The number of ether oxygens (including phenoxy) is 1. The molecule has 0 amide bonds. The molecule has 0 aliphatic heterocycles. The predicted molar refractivity (Wildman–Crippen MR) is 63.0 cm³/mol. The predicted octanol–water partition coefficient (Wildman–Crippen LogP) is 1.97. The van der Waals surface area contributed by atoms with E-state index in [1.807, 2.05) is 0 Å². The standard InChI is InChI=1S/C12H12N2O4/c1-2-17-12(16)10-7-9(8-15)11-5-3-4-6-14(11)18-13-10/h3-8,13H,2H2,1H3. The van der Waals surface area contributed by atoms with Gasteiger partial charge in [0.05, 0.1) is 12.1 Å². The van der Waals surface area contributed by atoms with Crippen molar-refractivity contribution in [1.29, 1.82) is 0 Å². The zero-order valence-electron chi connectivity index (χ0n) is 9.75. The number of rotatable bonds is 3. The third-order valence-corrected chi connectivity index (χ3v) is 2.30. The van der Waals surface area contributed by atoms with Crippen LogP contribution in [0.3, 0.4) is 0 Å². The first-order valence-corrected chi connectivity index (χ1v) is 5.41. The summed E-state index contributed by atoms with van der Waals surface area (Å²) >= 11 is 0. The van der Waals surface area contributed by atoms with E-state index in [1.54, 1.807) is 31.3 Å². The van der Waals surface area contributed by atoms with Crippen LogP contribution in [0, 0.1) is 0 Å². The van der Waals surface area contributed by atoms with Gasteiger partial charge in [-0.05, 0) is 25.1 Å². The lowest BCUT2D eigenvalue weighted by Gasteiger charge is -1.97. The highest BCUT2D eigenvalue weighted by molar-refractivity contribution is 5.91. The number of aldehydes is 1. The molecule has 2 aromatic rings. The van der Waals surface area contributed by atoms with Crippen LogP contribution in [0.1, 0.15) is 27.8 Å². The number of nitrogens with one attached hydrogen (secondary N) is 1. The van der Waals surface area contributed by atoms with E-state index in [0.717, 1.165) is 0 Å². The van der Waals surface area contributed by atoms with Crippen molar-refractivity contribution >= 4 is 17.8 Å². The molecule has 0 saturated carbocycles. The maximum absolute atomic E-state index is 11.6. The molecule has 94 valence electrons. The summed E-state index contributed by atoms with van der Waals surface area (Å²) < 4.78 is 11.4. The molecule has 0 saturated heterocycles. The molecule has 0 radical (unpaired) electrons. The number of carbonyl (C=O) groups is 2. The van der Waals surface area contributed by atoms with E-state index in [4.69, 9.17) is 9.37 Å². The Balaban J connectivity index is 2.66. The van der Waals surface area contributed by atoms with E-state index < -0.39 is 5.97 Å². The van der Waals surface area contributed by atoms with Gasteiger partial charge in [-0.15, -0.1) is 0 Å². The van der Waals surface area contributed by atoms with Gasteiger partial charge in [-0.2, -0.15) is 9.73 Å². The monoisotopic (exact) mass is 248 g/mol. The molecule has 2 aromatic heterocycles. The average molecular weight is 248 g/mol. The Morgan fingerprint density at radius 2 is 2.39 bits per heavy atom. The van der Waals surface area contributed by atoms with Gasteiger partial charge in [0.2, 0.25) is 0 Å². The van der Waals surface area contributed by atoms with Crippen molar-refractivity contribution in [2.45, 2.75) is 6.92 Å². The number of aromatic nitrogens is 2. The summed E-state index contributed by atoms with van der Waals surface area (Å²) in [6.45, 7) is 1.94. The van der Waals surface area contributed by atoms with Gasteiger partial charge in [-0.3, -0.25) is 9.42 Å². The first-order valence-electron chi connectivity index (χ1n) is 5.41. The largest absolute Gasteiger partial charge is 0.461 e. The highest BCUT2D eigenvalue weighted by Crippen LogP contribution is 2.09. The van der Waals surface area contributed by atoms with Gasteiger partial charge >= 0.3 is 5.97 Å². The number of hydrogen-bond acceptors (Lipinski definition) is 4. The minimum Gasteiger partial charge on any atom is -0.461 e. The Kier molecular flexibility index (Phi) is 3.47. The molecule has 0 bridgehead atoms. The van der Waals surface area contributed by atoms with Crippen molar-refractivity contribution in [2.75, 3.05) is 6.61 Å². The summed E-state index contributed by atoms with van der Waals surface area (Å²) in [7, 11) is 0. The molecular weight excluding hydrogens is 236 g/mol.